The molecule has 0 aromatic heterocycles. The van der Waals surface area contributed by atoms with E-state index in [1.807, 2.05) is 0 Å². The zero-order valence-corrected chi connectivity index (χ0v) is 13.6. The van der Waals surface area contributed by atoms with Gasteiger partial charge < -0.3 is 15.2 Å². The van der Waals surface area contributed by atoms with Crippen molar-refractivity contribution in [2.45, 2.75) is 13.2 Å². The number of carbonyl (C=O) groups excluding carboxylic acids is 1. The van der Waals surface area contributed by atoms with Gasteiger partial charge in [-0.25, -0.2) is 9.59 Å². The maximum atomic E-state index is 12.0. The zero-order chi connectivity index (χ0) is 17.0. The van der Waals surface area contributed by atoms with Crippen LogP contribution in [0, 0.1) is 6.92 Å². The third-order valence-corrected chi connectivity index (χ3v) is 3.82. The molecular formula is C16H13Cl2NO4. The molecule has 7 heteroatoms. The fraction of sp³-hybridized carbons (Fsp3) is 0.125. The van der Waals surface area contributed by atoms with Crippen molar-refractivity contribution in [1.82, 2.24) is 0 Å². The monoisotopic (exact) mass is 353 g/mol. The molecule has 1 unspecified atom stereocenters. The second-order valence-electron chi connectivity index (χ2n) is 4.69. The molecule has 120 valence electrons. The Kier molecular flexibility index (Phi) is 5.47. The summed E-state index contributed by atoms with van der Waals surface area (Å²) in [5, 5.41) is 12.3. The lowest BCUT2D eigenvalue weighted by atomic mass is 10.2. The van der Waals surface area contributed by atoms with Crippen molar-refractivity contribution in [3.63, 3.8) is 0 Å². The van der Waals surface area contributed by atoms with E-state index in [4.69, 9.17) is 27.9 Å². The highest BCUT2D eigenvalue weighted by molar-refractivity contribution is 6.39. The maximum Gasteiger partial charge on any atom is 0.366 e. The molecule has 0 radical (unpaired) electrons. The van der Waals surface area contributed by atoms with Crippen LogP contribution in [-0.2, 0) is 9.53 Å². The van der Waals surface area contributed by atoms with Gasteiger partial charge in [-0.1, -0.05) is 47.5 Å². The van der Waals surface area contributed by atoms with Crippen LogP contribution in [0.3, 0.4) is 0 Å². The smallest absolute Gasteiger partial charge is 0.366 e. The van der Waals surface area contributed by atoms with E-state index in [9.17, 15) is 14.7 Å². The van der Waals surface area contributed by atoms with Gasteiger partial charge >= 0.3 is 11.9 Å². The number of hydrogen-bond donors (Lipinski definition) is 2. The number of rotatable bonds is 5. The minimum Gasteiger partial charge on any atom is -0.477 e. The third-order valence-electron chi connectivity index (χ3n) is 3.02. The topological polar surface area (TPSA) is 75.6 Å². The largest absolute Gasteiger partial charge is 0.477 e. The van der Waals surface area contributed by atoms with Crippen LogP contribution in [-0.4, -0.2) is 23.3 Å². The van der Waals surface area contributed by atoms with Gasteiger partial charge in [-0.3, -0.25) is 0 Å². The summed E-state index contributed by atoms with van der Waals surface area (Å²) in [6.45, 7) is 1.75. The van der Waals surface area contributed by atoms with Crippen LogP contribution >= 0.6 is 23.2 Å². The predicted octanol–water partition coefficient (Wildman–Crippen LogP) is 3.98. The minimum absolute atomic E-state index is 0.196. The highest BCUT2D eigenvalue weighted by Gasteiger charge is 2.25. The SMILES string of the molecule is Cc1ccc(Cl)c(NC(OC(=O)c2ccccc2)C(=O)O)c1Cl. The van der Waals surface area contributed by atoms with Crippen LogP contribution in [0.2, 0.25) is 10.0 Å². The highest BCUT2D eigenvalue weighted by Crippen LogP contribution is 2.33. The van der Waals surface area contributed by atoms with Gasteiger partial charge in [0.25, 0.3) is 6.23 Å². The van der Waals surface area contributed by atoms with Crippen LogP contribution in [0.15, 0.2) is 42.5 Å². The van der Waals surface area contributed by atoms with Gasteiger partial charge in [0.1, 0.15) is 0 Å². The summed E-state index contributed by atoms with van der Waals surface area (Å²) < 4.78 is 4.98. The lowest BCUT2D eigenvalue weighted by molar-refractivity contribution is -0.145. The van der Waals surface area contributed by atoms with Crippen LogP contribution in [0.25, 0.3) is 0 Å². The number of carbonyl (C=O) groups is 2. The van der Waals surface area contributed by atoms with Gasteiger partial charge in [-0.05, 0) is 30.7 Å². The average molecular weight is 354 g/mol. The van der Waals surface area contributed by atoms with Crippen LogP contribution in [0.5, 0.6) is 0 Å². The summed E-state index contributed by atoms with van der Waals surface area (Å²) >= 11 is 12.1. The Bertz CT molecular complexity index is 734. The number of benzene rings is 2. The van der Waals surface area contributed by atoms with Gasteiger partial charge in [0.15, 0.2) is 0 Å². The number of halogens is 2. The van der Waals surface area contributed by atoms with Gasteiger partial charge in [0.2, 0.25) is 0 Å². The number of ether oxygens (including phenoxy) is 1. The number of hydrogen-bond acceptors (Lipinski definition) is 4. The van der Waals surface area contributed by atoms with Crippen molar-refractivity contribution in [1.29, 1.82) is 0 Å². The van der Waals surface area contributed by atoms with E-state index in [0.29, 0.717) is 5.56 Å². The predicted molar refractivity (Wildman–Crippen MR) is 88.1 cm³/mol. The second kappa shape index (κ2) is 7.35. The first kappa shape index (κ1) is 17.1. The van der Waals surface area contributed by atoms with E-state index < -0.39 is 18.2 Å². The normalized spacial score (nSPS) is 11.6. The second-order valence-corrected chi connectivity index (χ2v) is 5.47. The van der Waals surface area contributed by atoms with Crippen molar-refractivity contribution >= 4 is 40.8 Å². The molecular weight excluding hydrogens is 341 g/mol. The number of anilines is 1. The number of nitrogens with one attached hydrogen (secondary N) is 1. The van der Waals surface area contributed by atoms with E-state index in [0.717, 1.165) is 0 Å². The number of aliphatic carboxylic acids is 1. The van der Waals surface area contributed by atoms with Crippen LogP contribution < -0.4 is 5.32 Å². The summed E-state index contributed by atoms with van der Waals surface area (Å²) in [5.41, 5.74) is 1.14. The fourth-order valence-corrected chi connectivity index (χ4v) is 2.29. The van der Waals surface area contributed by atoms with Crippen molar-refractivity contribution in [3.05, 3.63) is 63.6 Å². The van der Waals surface area contributed by atoms with Crippen molar-refractivity contribution in [2.24, 2.45) is 0 Å². The summed E-state index contributed by atoms with van der Waals surface area (Å²) in [6.07, 6.45) is -1.63. The van der Waals surface area contributed by atoms with E-state index in [1.54, 1.807) is 37.3 Å². The molecule has 2 aromatic carbocycles. The Morgan fingerprint density at radius 1 is 1.13 bits per heavy atom. The first-order valence-electron chi connectivity index (χ1n) is 6.60. The van der Waals surface area contributed by atoms with Crippen molar-refractivity contribution in [3.8, 4) is 0 Å². The molecule has 0 bridgehead atoms. The molecule has 0 aliphatic heterocycles. The Labute approximate surface area is 142 Å². The molecule has 2 rings (SSSR count). The Morgan fingerprint density at radius 2 is 1.78 bits per heavy atom. The van der Waals surface area contributed by atoms with E-state index in [2.05, 4.69) is 5.32 Å². The molecule has 2 N–H and O–H groups in total. The lowest BCUT2D eigenvalue weighted by Gasteiger charge is -2.19. The highest BCUT2D eigenvalue weighted by atomic mass is 35.5. The maximum absolute atomic E-state index is 12.0. The molecule has 0 spiro atoms. The Balaban J connectivity index is 2.22. The van der Waals surface area contributed by atoms with Crippen LogP contribution in [0.1, 0.15) is 15.9 Å². The lowest BCUT2D eigenvalue weighted by Crippen LogP contribution is -2.34. The summed E-state index contributed by atoms with van der Waals surface area (Å²) in [6, 6.07) is 11.3. The first-order valence-corrected chi connectivity index (χ1v) is 7.35. The Hall–Kier alpha value is -2.24. The summed E-state index contributed by atoms with van der Waals surface area (Å²) in [7, 11) is 0. The standard InChI is InChI=1S/C16H13Cl2NO4/c1-9-7-8-11(17)13(12(9)18)19-14(15(20)21)23-16(22)10-5-3-2-4-6-10/h2-8,14,19H,1H3,(H,20,21). The molecule has 23 heavy (non-hydrogen) atoms. The molecule has 1 atom stereocenters. The number of aryl methyl sites for hydroxylation is 1. The van der Waals surface area contributed by atoms with Gasteiger partial charge in [-0.15, -0.1) is 0 Å². The zero-order valence-electron chi connectivity index (χ0n) is 12.0. The summed E-state index contributed by atoms with van der Waals surface area (Å²) in [5.74, 6) is -2.15. The molecule has 0 fully saturated rings. The molecule has 0 saturated heterocycles. The quantitative estimate of drug-likeness (QED) is 0.627. The van der Waals surface area contributed by atoms with Gasteiger partial charge in [0, 0.05) is 0 Å². The van der Waals surface area contributed by atoms with Crippen molar-refractivity contribution in [2.75, 3.05) is 5.32 Å². The van der Waals surface area contributed by atoms with E-state index in [-0.39, 0.29) is 21.3 Å². The molecule has 0 saturated carbocycles. The third kappa shape index (κ3) is 4.15. The minimum atomic E-state index is -1.63. The Morgan fingerprint density at radius 3 is 2.39 bits per heavy atom. The number of carboxylic acid groups (broad SMARTS) is 1. The van der Waals surface area contributed by atoms with Gasteiger partial charge in [-0.2, -0.15) is 0 Å². The fourth-order valence-electron chi connectivity index (χ4n) is 1.81. The first-order chi connectivity index (χ1) is 10.9. The van der Waals surface area contributed by atoms with E-state index >= 15 is 0 Å². The summed E-state index contributed by atoms with van der Waals surface area (Å²) in [4.78, 5) is 23.3. The molecule has 0 heterocycles. The molecule has 0 amide bonds. The van der Waals surface area contributed by atoms with Crippen LogP contribution in [0.4, 0.5) is 5.69 Å². The number of carboxylic acids is 1. The number of esters is 1. The molecule has 5 nitrogen and oxygen atoms in total. The van der Waals surface area contributed by atoms with E-state index in [1.165, 1.54) is 12.1 Å². The molecule has 0 aliphatic rings. The van der Waals surface area contributed by atoms with Gasteiger partial charge in [0.05, 0.1) is 21.3 Å². The van der Waals surface area contributed by atoms with Crippen molar-refractivity contribution < 1.29 is 19.4 Å². The average Bonchev–Trinajstić information content (AvgIpc) is 2.54. The molecule has 0 aliphatic carbocycles. The molecule has 2 aromatic rings.